The summed E-state index contributed by atoms with van der Waals surface area (Å²) in [5.74, 6) is -0.0395. The molecule has 1 aliphatic rings. The molecule has 0 spiro atoms. The van der Waals surface area contributed by atoms with Gasteiger partial charge in [-0.15, -0.1) is 0 Å². The summed E-state index contributed by atoms with van der Waals surface area (Å²) in [6.45, 7) is 4.83. The molecule has 1 N–H and O–H groups in total. The van der Waals surface area contributed by atoms with Crippen molar-refractivity contribution in [2.24, 2.45) is 0 Å². The van der Waals surface area contributed by atoms with Crippen LogP contribution < -0.4 is 10.2 Å². The highest BCUT2D eigenvalue weighted by Gasteiger charge is 2.37. The summed E-state index contributed by atoms with van der Waals surface area (Å²) < 4.78 is 1.80. The number of rotatable bonds is 6. The molecule has 35 heavy (non-hydrogen) atoms. The van der Waals surface area contributed by atoms with E-state index in [1.54, 1.807) is 58.8 Å². The van der Waals surface area contributed by atoms with Crippen LogP contribution in [0.3, 0.4) is 0 Å². The van der Waals surface area contributed by atoms with Crippen molar-refractivity contribution in [1.29, 1.82) is 0 Å². The lowest BCUT2D eigenvalue weighted by Crippen LogP contribution is -2.30. The molecule has 9 nitrogen and oxygen atoms in total. The molecular weight excluding hydrogens is 442 g/mol. The number of nitrogens with one attached hydrogen (secondary N) is 1. The SMILES string of the molecule is CC(C)n1cnc([C@H]2CN(C(=O)c3ccccn3)c3ccc(C(=O)NCc4ccncc4)cc32)n1. The molecular formula is C26H25N7O2. The maximum absolute atomic E-state index is 13.3. The number of carbonyl (C=O) groups is 2. The van der Waals surface area contributed by atoms with E-state index in [1.807, 2.05) is 38.1 Å². The summed E-state index contributed by atoms with van der Waals surface area (Å²) in [6, 6.07) is 14.5. The monoisotopic (exact) mass is 467 g/mol. The Hall–Kier alpha value is -4.40. The van der Waals surface area contributed by atoms with Crippen LogP contribution in [-0.2, 0) is 6.54 Å². The average molecular weight is 468 g/mol. The Kier molecular flexibility index (Phi) is 6.05. The normalized spacial score (nSPS) is 14.7. The smallest absolute Gasteiger partial charge is 0.276 e. The fraction of sp³-hybridized carbons (Fsp3) is 0.231. The van der Waals surface area contributed by atoms with Crippen LogP contribution in [0.5, 0.6) is 0 Å². The third-order valence-electron chi connectivity index (χ3n) is 6.02. The molecule has 1 aromatic carbocycles. The van der Waals surface area contributed by atoms with Crippen LogP contribution in [-0.4, -0.2) is 43.1 Å². The third-order valence-corrected chi connectivity index (χ3v) is 6.02. The van der Waals surface area contributed by atoms with Gasteiger partial charge in [-0.2, -0.15) is 5.10 Å². The molecule has 0 fully saturated rings. The lowest BCUT2D eigenvalue weighted by atomic mass is 9.98. The molecule has 5 rings (SSSR count). The van der Waals surface area contributed by atoms with E-state index < -0.39 is 0 Å². The minimum Gasteiger partial charge on any atom is -0.348 e. The minimum absolute atomic E-state index is 0.161. The molecule has 2 amide bonds. The van der Waals surface area contributed by atoms with E-state index in [0.29, 0.717) is 30.2 Å². The molecule has 0 aliphatic carbocycles. The Morgan fingerprint density at radius 1 is 1.06 bits per heavy atom. The van der Waals surface area contributed by atoms with E-state index in [2.05, 4.69) is 25.4 Å². The van der Waals surface area contributed by atoms with Gasteiger partial charge in [0.1, 0.15) is 12.0 Å². The second-order valence-electron chi connectivity index (χ2n) is 8.67. The van der Waals surface area contributed by atoms with Gasteiger partial charge in [0.15, 0.2) is 5.82 Å². The van der Waals surface area contributed by atoms with Crippen molar-refractivity contribution in [3.05, 3.63) is 102 Å². The summed E-state index contributed by atoms with van der Waals surface area (Å²) in [6.07, 6.45) is 6.69. The van der Waals surface area contributed by atoms with Gasteiger partial charge in [0, 0.05) is 49.0 Å². The Morgan fingerprint density at radius 2 is 1.89 bits per heavy atom. The zero-order valence-corrected chi connectivity index (χ0v) is 19.5. The zero-order valence-electron chi connectivity index (χ0n) is 19.5. The van der Waals surface area contributed by atoms with Crippen molar-refractivity contribution in [1.82, 2.24) is 30.0 Å². The predicted octanol–water partition coefficient (Wildman–Crippen LogP) is 3.37. The first-order chi connectivity index (χ1) is 17.0. The molecule has 1 aliphatic heterocycles. The number of anilines is 1. The minimum atomic E-state index is -0.259. The van der Waals surface area contributed by atoms with Crippen molar-refractivity contribution in [3.8, 4) is 0 Å². The summed E-state index contributed by atoms with van der Waals surface area (Å²) >= 11 is 0. The molecule has 0 saturated carbocycles. The lowest BCUT2D eigenvalue weighted by Gasteiger charge is -2.17. The molecule has 4 heterocycles. The van der Waals surface area contributed by atoms with E-state index in [-0.39, 0.29) is 23.8 Å². The molecule has 176 valence electrons. The molecule has 0 saturated heterocycles. The van der Waals surface area contributed by atoms with Crippen LogP contribution in [0.15, 0.2) is 73.4 Å². The van der Waals surface area contributed by atoms with Crippen LogP contribution in [0.4, 0.5) is 5.69 Å². The Bertz CT molecular complexity index is 1350. The topological polar surface area (TPSA) is 106 Å². The van der Waals surface area contributed by atoms with Gasteiger partial charge in [-0.3, -0.25) is 24.2 Å². The Balaban J connectivity index is 1.47. The first kappa shape index (κ1) is 22.4. The number of benzene rings is 1. The average Bonchev–Trinajstić information content (AvgIpc) is 3.53. The van der Waals surface area contributed by atoms with Crippen LogP contribution >= 0.6 is 0 Å². The van der Waals surface area contributed by atoms with Crippen molar-refractivity contribution in [2.75, 3.05) is 11.4 Å². The van der Waals surface area contributed by atoms with E-state index in [0.717, 1.165) is 16.8 Å². The molecule has 3 aromatic heterocycles. The molecule has 9 heteroatoms. The van der Waals surface area contributed by atoms with E-state index in [1.165, 1.54) is 0 Å². The summed E-state index contributed by atoms with van der Waals surface area (Å²) in [4.78, 5) is 40.7. The molecule has 4 aromatic rings. The Labute approximate surface area is 202 Å². The lowest BCUT2D eigenvalue weighted by molar-refractivity contribution is 0.0949. The predicted molar refractivity (Wildman–Crippen MR) is 130 cm³/mol. The highest BCUT2D eigenvalue weighted by atomic mass is 16.2. The van der Waals surface area contributed by atoms with Gasteiger partial charge in [-0.1, -0.05) is 6.07 Å². The van der Waals surface area contributed by atoms with E-state index in [4.69, 9.17) is 0 Å². The summed E-state index contributed by atoms with van der Waals surface area (Å²) in [5.41, 5.74) is 3.41. The number of aromatic nitrogens is 5. The molecule has 0 unspecified atom stereocenters. The van der Waals surface area contributed by atoms with Crippen molar-refractivity contribution in [3.63, 3.8) is 0 Å². The number of amides is 2. The van der Waals surface area contributed by atoms with Gasteiger partial charge < -0.3 is 10.2 Å². The highest BCUT2D eigenvalue weighted by Crippen LogP contribution is 2.40. The quantitative estimate of drug-likeness (QED) is 0.466. The van der Waals surface area contributed by atoms with Gasteiger partial charge in [-0.05, 0) is 67.4 Å². The number of nitrogens with zero attached hydrogens (tertiary/aromatic N) is 6. The molecule has 0 bridgehead atoms. The summed E-state index contributed by atoms with van der Waals surface area (Å²) in [5, 5.41) is 7.60. The van der Waals surface area contributed by atoms with Crippen LogP contribution in [0.25, 0.3) is 0 Å². The van der Waals surface area contributed by atoms with E-state index >= 15 is 0 Å². The van der Waals surface area contributed by atoms with Gasteiger partial charge in [0.05, 0.1) is 5.92 Å². The maximum atomic E-state index is 13.3. The van der Waals surface area contributed by atoms with Crippen LogP contribution in [0, 0.1) is 0 Å². The number of fused-ring (bicyclic) bond motifs is 1. The first-order valence-corrected chi connectivity index (χ1v) is 11.5. The fourth-order valence-electron chi connectivity index (χ4n) is 4.12. The van der Waals surface area contributed by atoms with Gasteiger partial charge >= 0.3 is 0 Å². The van der Waals surface area contributed by atoms with E-state index in [9.17, 15) is 9.59 Å². The standard InChI is InChI=1S/C26H25N7O2/c1-17(2)33-16-30-24(31-33)21-15-32(26(35)22-5-3-4-10-28-22)23-7-6-19(13-20(21)23)25(34)29-14-18-8-11-27-12-9-18/h3-13,16-17,21H,14-15H2,1-2H3,(H,29,34)/t21-/m0/s1. The van der Waals surface area contributed by atoms with Crippen molar-refractivity contribution >= 4 is 17.5 Å². The van der Waals surface area contributed by atoms with Gasteiger partial charge in [-0.25, -0.2) is 4.98 Å². The molecule has 0 radical (unpaired) electrons. The first-order valence-electron chi connectivity index (χ1n) is 11.5. The second kappa shape index (κ2) is 9.46. The number of carbonyl (C=O) groups excluding carboxylic acids is 2. The van der Waals surface area contributed by atoms with Crippen LogP contribution in [0.1, 0.15) is 63.6 Å². The van der Waals surface area contributed by atoms with Gasteiger partial charge in [0.2, 0.25) is 0 Å². The largest absolute Gasteiger partial charge is 0.348 e. The number of hydrogen-bond acceptors (Lipinski definition) is 6. The third kappa shape index (κ3) is 4.52. The van der Waals surface area contributed by atoms with Crippen LogP contribution in [0.2, 0.25) is 0 Å². The Morgan fingerprint density at radius 3 is 2.60 bits per heavy atom. The van der Waals surface area contributed by atoms with Crippen molar-refractivity contribution in [2.45, 2.75) is 32.4 Å². The maximum Gasteiger partial charge on any atom is 0.276 e. The number of pyridine rings is 2. The second-order valence-corrected chi connectivity index (χ2v) is 8.67. The fourth-order valence-corrected chi connectivity index (χ4v) is 4.12. The number of hydrogen-bond donors (Lipinski definition) is 1. The molecule has 1 atom stereocenters. The zero-order chi connectivity index (χ0) is 24.4. The summed E-state index contributed by atoms with van der Waals surface area (Å²) in [7, 11) is 0. The van der Waals surface area contributed by atoms with Crippen molar-refractivity contribution < 1.29 is 9.59 Å². The highest BCUT2D eigenvalue weighted by molar-refractivity contribution is 6.07. The van der Waals surface area contributed by atoms with Gasteiger partial charge in [0.25, 0.3) is 11.8 Å².